The molecule has 126 valence electrons. The van der Waals surface area contributed by atoms with Crippen molar-refractivity contribution in [3.8, 4) is 0 Å². The number of nitrogens with zero attached hydrogens (tertiary/aromatic N) is 1. The van der Waals surface area contributed by atoms with Crippen molar-refractivity contribution in [2.75, 3.05) is 6.54 Å². The summed E-state index contributed by atoms with van der Waals surface area (Å²) in [5, 5.41) is 11.5. The number of benzene rings is 1. The third-order valence-electron chi connectivity index (χ3n) is 4.62. The van der Waals surface area contributed by atoms with Gasteiger partial charge >= 0.3 is 0 Å². The van der Waals surface area contributed by atoms with E-state index in [2.05, 4.69) is 22.1 Å². The van der Waals surface area contributed by atoms with Crippen molar-refractivity contribution in [3.63, 3.8) is 0 Å². The number of rotatable bonds is 4. The van der Waals surface area contributed by atoms with Gasteiger partial charge in [-0.15, -0.1) is 0 Å². The summed E-state index contributed by atoms with van der Waals surface area (Å²) in [4.78, 5) is 20.1. The number of aliphatic hydroxyl groups is 1. The third-order valence-corrected chi connectivity index (χ3v) is 4.62. The van der Waals surface area contributed by atoms with Crippen LogP contribution >= 0.6 is 0 Å². The number of para-hydroxylation sites is 1. The molecule has 1 aliphatic carbocycles. The Morgan fingerprint density at radius 3 is 2.79 bits per heavy atom. The van der Waals surface area contributed by atoms with Gasteiger partial charge in [-0.1, -0.05) is 32.0 Å². The normalized spacial score (nSPS) is 18.5. The molecular weight excluding hydrogens is 300 g/mol. The molecule has 1 heterocycles. The maximum atomic E-state index is 12.3. The van der Waals surface area contributed by atoms with E-state index in [1.54, 1.807) is 0 Å². The third kappa shape index (κ3) is 3.28. The predicted octanol–water partition coefficient (Wildman–Crippen LogP) is 4.37. The van der Waals surface area contributed by atoms with Gasteiger partial charge in [-0.3, -0.25) is 9.79 Å². The lowest BCUT2D eigenvalue weighted by molar-refractivity contribution is -0.117. The van der Waals surface area contributed by atoms with Crippen molar-refractivity contribution in [1.82, 2.24) is 4.98 Å². The second-order valence-corrected chi connectivity index (χ2v) is 7.34. The second kappa shape index (κ2) is 6.27. The van der Waals surface area contributed by atoms with Crippen molar-refractivity contribution >= 4 is 22.4 Å². The first-order chi connectivity index (χ1) is 11.4. The average Bonchev–Trinajstić information content (AvgIpc) is 2.88. The van der Waals surface area contributed by atoms with E-state index in [4.69, 9.17) is 0 Å². The summed E-state index contributed by atoms with van der Waals surface area (Å²) in [6.45, 7) is 6.42. The molecule has 1 aromatic carbocycles. The number of Topliss-reactive ketones (excluding diaryl/α,β-unsaturated/α-hetero) is 1. The number of hydrogen-bond acceptors (Lipinski definition) is 3. The van der Waals surface area contributed by atoms with Gasteiger partial charge in [0.1, 0.15) is 5.76 Å². The van der Waals surface area contributed by atoms with Crippen LogP contribution in [-0.2, 0) is 11.2 Å². The molecule has 0 fully saturated rings. The zero-order valence-corrected chi connectivity index (χ0v) is 14.5. The van der Waals surface area contributed by atoms with Crippen LogP contribution in [0.15, 0.2) is 46.8 Å². The number of H-pyrrole nitrogens is 1. The fourth-order valence-corrected chi connectivity index (χ4v) is 3.46. The quantitative estimate of drug-likeness (QED) is 0.820. The van der Waals surface area contributed by atoms with E-state index < -0.39 is 0 Å². The summed E-state index contributed by atoms with van der Waals surface area (Å²) in [6.07, 6.45) is 3.81. The molecule has 0 atom stereocenters. The van der Waals surface area contributed by atoms with Crippen LogP contribution in [0.25, 0.3) is 10.9 Å². The highest BCUT2D eigenvalue weighted by molar-refractivity contribution is 6.22. The smallest absolute Gasteiger partial charge is 0.168 e. The summed E-state index contributed by atoms with van der Waals surface area (Å²) in [7, 11) is 0. The first-order valence-corrected chi connectivity index (χ1v) is 8.39. The van der Waals surface area contributed by atoms with Gasteiger partial charge in [0.25, 0.3) is 0 Å². The summed E-state index contributed by atoms with van der Waals surface area (Å²) >= 11 is 0. The van der Waals surface area contributed by atoms with E-state index in [0.29, 0.717) is 30.7 Å². The Morgan fingerprint density at radius 2 is 2.04 bits per heavy atom. The first kappa shape index (κ1) is 16.5. The van der Waals surface area contributed by atoms with E-state index in [-0.39, 0.29) is 17.0 Å². The second-order valence-electron chi connectivity index (χ2n) is 7.34. The molecule has 0 unspecified atom stereocenters. The number of aliphatic hydroxyl groups excluding tert-OH is 1. The van der Waals surface area contributed by atoms with Crippen molar-refractivity contribution in [2.24, 2.45) is 10.4 Å². The van der Waals surface area contributed by atoms with Crippen molar-refractivity contribution in [1.29, 1.82) is 0 Å². The molecule has 24 heavy (non-hydrogen) atoms. The molecule has 0 amide bonds. The first-order valence-electron chi connectivity index (χ1n) is 8.39. The van der Waals surface area contributed by atoms with E-state index in [1.165, 1.54) is 10.9 Å². The number of fused-ring (bicyclic) bond motifs is 1. The summed E-state index contributed by atoms with van der Waals surface area (Å²) in [5.41, 5.74) is 3.24. The van der Waals surface area contributed by atoms with E-state index >= 15 is 0 Å². The molecule has 3 rings (SSSR count). The minimum atomic E-state index is -0.172. The molecule has 0 aliphatic heterocycles. The van der Waals surface area contributed by atoms with Crippen LogP contribution < -0.4 is 0 Å². The largest absolute Gasteiger partial charge is 0.511 e. The Balaban J connectivity index is 1.74. The number of hydrogen-bond donors (Lipinski definition) is 2. The number of carbonyl (C=O) groups excluding carboxylic acids is 1. The van der Waals surface area contributed by atoms with Gasteiger partial charge in [0, 0.05) is 42.2 Å². The van der Waals surface area contributed by atoms with Crippen LogP contribution in [0, 0.1) is 5.41 Å². The molecule has 2 aromatic rings. The average molecular weight is 324 g/mol. The zero-order valence-electron chi connectivity index (χ0n) is 14.5. The maximum Gasteiger partial charge on any atom is 0.168 e. The van der Waals surface area contributed by atoms with Crippen LogP contribution in [0.5, 0.6) is 0 Å². The Labute approximate surface area is 142 Å². The van der Waals surface area contributed by atoms with Gasteiger partial charge in [-0.25, -0.2) is 0 Å². The van der Waals surface area contributed by atoms with Crippen LogP contribution in [0.1, 0.15) is 39.2 Å². The zero-order chi connectivity index (χ0) is 17.3. The van der Waals surface area contributed by atoms with Crippen LogP contribution in [0.2, 0.25) is 0 Å². The Hall–Kier alpha value is -2.36. The molecular formula is C20H24N2O2. The van der Waals surface area contributed by atoms with E-state index in [9.17, 15) is 9.90 Å². The van der Waals surface area contributed by atoms with Gasteiger partial charge < -0.3 is 10.1 Å². The van der Waals surface area contributed by atoms with Gasteiger partial charge in [-0.05, 0) is 30.4 Å². The van der Waals surface area contributed by atoms with Crippen molar-refractivity contribution < 1.29 is 9.90 Å². The number of allylic oxidation sites excluding steroid dienone is 2. The van der Waals surface area contributed by atoms with Crippen molar-refractivity contribution in [3.05, 3.63) is 47.4 Å². The highest BCUT2D eigenvalue weighted by atomic mass is 16.3. The molecule has 0 radical (unpaired) electrons. The fraction of sp³-hybridized carbons (Fsp3) is 0.400. The molecule has 4 heteroatoms. The lowest BCUT2D eigenvalue weighted by Crippen LogP contribution is -2.28. The highest BCUT2D eigenvalue weighted by Crippen LogP contribution is 2.36. The molecule has 1 aromatic heterocycles. The fourth-order valence-electron chi connectivity index (χ4n) is 3.46. The van der Waals surface area contributed by atoms with Gasteiger partial charge in [0.05, 0.1) is 5.57 Å². The molecule has 4 nitrogen and oxygen atoms in total. The van der Waals surface area contributed by atoms with E-state index in [1.807, 2.05) is 39.1 Å². The molecule has 0 bridgehead atoms. The summed E-state index contributed by atoms with van der Waals surface area (Å²) in [5.74, 6) is 0.182. The molecule has 0 saturated carbocycles. The number of nitrogens with one attached hydrogen (secondary N) is 1. The number of ketones is 1. The topological polar surface area (TPSA) is 65.4 Å². The molecule has 0 saturated heterocycles. The number of aromatic nitrogens is 1. The van der Waals surface area contributed by atoms with Gasteiger partial charge in [0.2, 0.25) is 0 Å². The molecule has 2 N–H and O–H groups in total. The highest BCUT2D eigenvalue weighted by Gasteiger charge is 2.33. The van der Waals surface area contributed by atoms with Gasteiger partial charge in [-0.2, -0.15) is 0 Å². The maximum absolute atomic E-state index is 12.3. The van der Waals surface area contributed by atoms with Crippen LogP contribution in [0.3, 0.4) is 0 Å². The number of aliphatic imine (C=N–C) groups is 1. The summed E-state index contributed by atoms with van der Waals surface area (Å²) < 4.78 is 0. The standard InChI is InChI=1S/C20H24N2O2/c1-13(19-17(23)10-20(2,3)11-18(19)24)21-9-8-14-12-22-16-7-5-4-6-15(14)16/h4-7,12,22-23H,8-11H2,1-3H3. The number of aromatic amines is 1. The monoisotopic (exact) mass is 324 g/mol. The minimum absolute atomic E-state index is 0.00269. The Bertz CT molecular complexity index is 840. The number of carbonyl (C=O) groups is 1. The Kier molecular flexibility index (Phi) is 4.31. The SMILES string of the molecule is CC(=NCCc1c[nH]c2ccccc12)C1=C(O)CC(C)(C)CC1=O. The molecule has 1 aliphatic rings. The van der Waals surface area contributed by atoms with Gasteiger partial charge in [0.15, 0.2) is 5.78 Å². The molecule has 0 spiro atoms. The van der Waals surface area contributed by atoms with Crippen LogP contribution in [-0.4, -0.2) is 28.1 Å². The predicted molar refractivity (Wildman–Crippen MR) is 97.7 cm³/mol. The summed E-state index contributed by atoms with van der Waals surface area (Å²) in [6, 6.07) is 8.19. The lowest BCUT2D eigenvalue weighted by Gasteiger charge is -2.29. The minimum Gasteiger partial charge on any atom is -0.511 e. The van der Waals surface area contributed by atoms with Crippen molar-refractivity contribution in [2.45, 2.75) is 40.0 Å². The van der Waals surface area contributed by atoms with E-state index in [0.717, 1.165) is 11.9 Å². The van der Waals surface area contributed by atoms with Crippen LogP contribution in [0.4, 0.5) is 0 Å². The Morgan fingerprint density at radius 1 is 1.29 bits per heavy atom. The lowest BCUT2D eigenvalue weighted by atomic mass is 9.76.